The van der Waals surface area contributed by atoms with Gasteiger partial charge in [0, 0.05) is 19.0 Å². The number of hydrogen-bond donors (Lipinski definition) is 1. The van der Waals surface area contributed by atoms with Crippen LogP contribution in [0.4, 0.5) is 0 Å². The first-order chi connectivity index (χ1) is 7.84. The van der Waals surface area contributed by atoms with E-state index in [1.807, 2.05) is 24.3 Å². The summed E-state index contributed by atoms with van der Waals surface area (Å²) in [7, 11) is 0. The van der Waals surface area contributed by atoms with E-state index in [9.17, 15) is 0 Å². The van der Waals surface area contributed by atoms with Crippen molar-refractivity contribution in [2.24, 2.45) is 0 Å². The molecule has 0 aliphatic carbocycles. The maximum atomic E-state index is 6.08. The molecule has 1 fully saturated rings. The molecule has 4 heteroatoms. The Hall–Kier alpha value is -1.32. The van der Waals surface area contributed by atoms with E-state index in [1.54, 1.807) is 6.20 Å². The first-order valence-corrected chi connectivity index (χ1v) is 5.64. The van der Waals surface area contributed by atoms with Crippen LogP contribution in [0, 0.1) is 0 Å². The molecule has 1 aliphatic heterocycles. The minimum absolute atomic E-state index is 0.462. The van der Waals surface area contributed by atoms with Crippen molar-refractivity contribution in [3.8, 4) is 11.5 Å². The Balaban J connectivity index is 1.95. The summed E-state index contributed by atoms with van der Waals surface area (Å²) in [6.07, 6.45) is 1.80. The Bertz CT molecular complexity index is 505. The summed E-state index contributed by atoms with van der Waals surface area (Å²) in [5.74, 6) is 2.00. The standard InChI is InChI=1S/C12H11ClN2O/c13-10-4-2-1-3-9(10)12-15-7-11(16-12)8-5-14-6-8/h1-4,7-8,14H,5-6H2. The van der Waals surface area contributed by atoms with Crippen LogP contribution in [0.2, 0.25) is 5.02 Å². The topological polar surface area (TPSA) is 38.1 Å². The number of nitrogens with one attached hydrogen (secondary N) is 1. The number of oxazole rings is 1. The van der Waals surface area contributed by atoms with Gasteiger partial charge in [-0.1, -0.05) is 23.7 Å². The van der Waals surface area contributed by atoms with Gasteiger partial charge in [0.05, 0.1) is 16.8 Å². The van der Waals surface area contributed by atoms with Crippen molar-refractivity contribution in [1.82, 2.24) is 10.3 Å². The SMILES string of the molecule is Clc1ccccc1-c1ncc(C2CNC2)o1. The normalized spacial score (nSPS) is 16.1. The molecule has 1 aromatic carbocycles. The molecule has 0 bridgehead atoms. The minimum atomic E-state index is 0.462. The maximum absolute atomic E-state index is 6.08. The molecule has 3 nitrogen and oxygen atoms in total. The van der Waals surface area contributed by atoms with Crippen LogP contribution in [0.15, 0.2) is 34.9 Å². The van der Waals surface area contributed by atoms with Gasteiger partial charge in [-0.15, -0.1) is 0 Å². The van der Waals surface area contributed by atoms with E-state index in [2.05, 4.69) is 10.3 Å². The van der Waals surface area contributed by atoms with Gasteiger partial charge in [-0.2, -0.15) is 0 Å². The van der Waals surface area contributed by atoms with Crippen LogP contribution in [0.1, 0.15) is 11.7 Å². The molecule has 0 amide bonds. The molecule has 0 saturated carbocycles. The van der Waals surface area contributed by atoms with E-state index < -0.39 is 0 Å². The van der Waals surface area contributed by atoms with Gasteiger partial charge >= 0.3 is 0 Å². The number of hydrogen-bond acceptors (Lipinski definition) is 3. The predicted molar refractivity (Wildman–Crippen MR) is 62.6 cm³/mol. The zero-order valence-electron chi connectivity index (χ0n) is 8.61. The van der Waals surface area contributed by atoms with Gasteiger partial charge in [0.1, 0.15) is 5.76 Å². The van der Waals surface area contributed by atoms with Crippen LogP contribution < -0.4 is 5.32 Å². The summed E-state index contributed by atoms with van der Waals surface area (Å²) in [6, 6.07) is 7.57. The average Bonchev–Trinajstić information content (AvgIpc) is 2.65. The van der Waals surface area contributed by atoms with Crippen molar-refractivity contribution in [2.75, 3.05) is 13.1 Å². The van der Waals surface area contributed by atoms with E-state index in [1.165, 1.54) is 0 Å². The Labute approximate surface area is 98.4 Å². The summed E-state index contributed by atoms with van der Waals surface area (Å²) in [5, 5.41) is 3.88. The molecule has 1 aliphatic rings. The number of benzene rings is 1. The highest BCUT2D eigenvalue weighted by atomic mass is 35.5. The molecule has 2 aromatic rings. The van der Waals surface area contributed by atoms with Crippen LogP contribution in [0.5, 0.6) is 0 Å². The average molecular weight is 235 g/mol. The zero-order valence-corrected chi connectivity index (χ0v) is 9.37. The van der Waals surface area contributed by atoms with Gasteiger partial charge in [0.25, 0.3) is 0 Å². The summed E-state index contributed by atoms with van der Waals surface area (Å²) >= 11 is 6.08. The van der Waals surface area contributed by atoms with Gasteiger partial charge in [0.2, 0.25) is 5.89 Å². The van der Waals surface area contributed by atoms with Crippen molar-refractivity contribution in [3.63, 3.8) is 0 Å². The van der Waals surface area contributed by atoms with Gasteiger partial charge in [-0.3, -0.25) is 0 Å². The van der Waals surface area contributed by atoms with Crippen LogP contribution in [-0.2, 0) is 0 Å². The molecule has 2 heterocycles. The monoisotopic (exact) mass is 234 g/mol. The largest absolute Gasteiger partial charge is 0.441 e. The second-order valence-corrected chi connectivity index (χ2v) is 4.31. The van der Waals surface area contributed by atoms with Gasteiger partial charge in [0.15, 0.2) is 0 Å². The lowest BCUT2D eigenvalue weighted by molar-refractivity contribution is 0.373. The van der Waals surface area contributed by atoms with Crippen molar-refractivity contribution in [2.45, 2.75) is 5.92 Å². The van der Waals surface area contributed by atoms with Crippen LogP contribution in [-0.4, -0.2) is 18.1 Å². The molecule has 1 aromatic heterocycles. The fourth-order valence-corrected chi connectivity index (χ4v) is 1.94. The maximum Gasteiger partial charge on any atom is 0.227 e. The van der Waals surface area contributed by atoms with Crippen molar-refractivity contribution in [1.29, 1.82) is 0 Å². The highest BCUT2D eigenvalue weighted by Crippen LogP contribution is 2.29. The van der Waals surface area contributed by atoms with Crippen molar-refractivity contribution in [3.05, 3.63) is 41.2 Å². The molecule has 0 unspecified atom stereocenters. The van der Waals surface area contributed by atoms with E-state index in [0.717, 1.165) is 24.4 Å². The fourth-order valence-electron chi connectivity index (χ4n) is 1.72. The second-order valence-electron chi connectivity index (χ2n) is 3.90. The minimum Gasteiger partial charge on any atom is -0.441 e. The molecule has 3 rings (SSSR count). The number of nitrogens with zero attached hydrogens (tertiary/aromatic N) is 1. The third-order valence-electron chi connectivity index (χ3n) is 2.81. The first kappa shape index (κ1) is 9.87. The highest BCUT2D eigenvalue weighted by molar-refractivity contribution is 6.33. The Morgan fingerprint density at radius 2 is 2.12 bits per heavy atom. The van der Waals surface area contributed by atoms with E-state index in [4.69, 9.17) is 16.0 Å². The zero-order chi connectivity index (χ0) is 11.0. The molecule has 0 radical (unpaired) electrons. The summed E-state index contributed by atoms with van der Waals surface area (Å²) < 4.78 is 5.72. The second kappa shape index (κ2) is 3.92. The molecular formula is C12H11ClN2O. The predicted octanol–water partition coefficient (Wildman–Crippen LogP) is 2.68. The molecule has 0 spiro atoms. The smallest absolute Gasteiger partial charge is 0.227 e. The lowest BCUT2D eigenvalue weighted by atomic mass is 10.0. The lowest BCUT2D eigenvalue weighted by Gasteiger charge is -2.24. The Morgan fingerprint density at radius 3 is 2.81 bits per heavy atom. The summed E-state index contributed by atoms with van der Waals surface area (Å²) in [4.78, 5) is 4.27. The van der Waals surface area contributed by atoms with Crippen LogP contribution in [0.3, 0.4) is 0 Å². The van der Waals surface area contributed by atoms with Crippen molar-refractivity contribution < 1.29 is 4.42 Å². The summed E-state index contributed by atoms with van der Waals surface area (Å²) in [5.41, 5.74) is 0.850. The van der Waals surface area contributed by atoms with Gasteiger partial charge in [-0.05, 0) is 12.1 Å². The third-order valence-corrected chi connectivity index (χ3v) is 3.14. The van der Waals surface area contributed by atoms with Gasteiger partial charge < -0.3 is 9.73 Å². The third kappa shape index (κ3) is 1.62. The van der Waals surface area contributed by atoms with E-state index in [-0.39, 0.29) is 0 Å². The quantitative estimate of drug-likeness (QED) is 0.868. The van der Waals surface area contributed by atoms with Crippen LogP contribution >= 0.6 is 11.6 Å². The number of halogens is 1. The number of aromatic nitrogens is 1. The highest BCUT2D eigenvalue weighted by Gasteiger charge is 2.23. The molecule has 82 valence electrons. The Kier molecular flexibility index (Phi) is 2.42. The molecule has 16 heavy (non-hydrogen) atoms. The summed E-state index contributed by atoms with van der Waals surface area (Å²) in [6.45, 7) is 1.94. The Morgan fingerprint density at radius 1 is 1.31 bits per heavy atom. The van der Waals surface area contributed by atoms with E-state index in [0.29, 0.717) is 16.8 Å². The van der Waals surface area contributed by atoms with Crippen LogP contribution in [0.25, 0.3) is 11.5 Å². The van der Waals surface area contributed by atoms with Crippen molar-refractivity contribution >= 4 is 11.6 Å². The van der Waals surface area contributed by atoms with E-state index >= 15 is 0 Å². The fraction of sp³-hybridized carbons (Fsp3) is 0.250. The molecule has 0 atom stereocenters. The molecule has 1 saturated heterocycles. The first-order valence-electron chi connectivity index (χ1n) is 5.26. The molecular weight excluding hydrogens is 224 g/mol. The molecule has 1 N–H and O–H groups in total. The lowest BCUT2D eigenvalue weighted by Crippen LogP contribution is -2.39. The van der Waals surface area contributed by atoms with Gasteiger partial charge in [-0.25, -0.2) is 4.98 Å². The number of rotatable bonds is 2.